The van der Waals surface area contributed by atoms with Gasteiger partial charge in [0.25, 0.3) is 0 Å². The molecule has 2 aromatic rings. The Kier molecular flexibility index (Phi) is 3.88. The van der Waals surface area contributed by atoms with Gasteiger partial charge in [-0.05, 0) is 49.2 Å². The van der Waals surface area contributed by atoms with Gasteiger partial charge in [-0.2, -0.15) is 0 Å². The fourth-order valence-corrected chi connectivity index (χ4v) is 6.27. The molecule has 4 atom stereocenters. The van der Waals surface area contributed by atoms with Gasteiger partial charge in [0, 0.05) is 11.8 Å². The van der Waals surface area contributed by atoms with Crippen molar-refractivity contribution in [3.63, 3.8) is 0 Å². The van der Waals surface area contributed by atoms with E-state index in [2.05, 4.69) is 0 Å². The Labute approximate surface area is 185 Å². The van der Waals surface area contributed by atoms with E-state index in [0.29, 0.717) is 11.4 Å². The van der Waals surface area contributed by atoms with Crippen LogP contribution in [0.5, 0.6) is 0 Å². The average molecular weight is 426 g/mol. The minimum atomic E-state index is -0.603. The normalized spacial score (nSPS) is 32.7. The number of nitrogens with zero attached hydrogens (tertiary/aromatic N) is 2. The van der Waals surface area contributed by atoms with Crippen LogP contribution in [0.3, 0.4) is 0 Å². The highest BCUT2D eigenvalue weighted by atomic mass is 16.2. The highest BCUT2D eigenvalue weighted by molar-refractivity contribution is 6.26. The molecular formula is C26H22N2O4. The third-order valence-electron chi connectivity index (χ3n) is 7.53. The first-order valence-corrected chi connectivity index (χ1v) is 11.0. The lowest BCUT2D eigenvalue weighted by Gasteiger charge is -2.44. The first-order chi connectivity index (χ1) is 15.4. The number of carbonyl (C=O) groups excluding carboxylic acids is 4. The van der Waals surface area contributed by atoms with Crippen molar-refractivity contribution in [3.8, 4) is 0 Å². The van der Waals surface area contributed by atoms with Gasteiger partial charge in [-0.3, -0.25) is 29.0 Å². The summed E-state index contributed by atoms with van der Waals surface area (Å²) in [6, 6.07) is 14.6. The predicted octanol–water partition coefficient (Wildman–Crippen LogP) is 3.03. The second kappa shape index (κ2) is 6.48. The number of rotatable bonds is 2. The molecule has 3 fully saturated rings. The summed E-state index contributed by atoms with van der Waals surface area (Å²) in [6.07, 6.45) is 3.78. The van der Waals surface area contributed by atoms with E-state index >= 15 is 0 Å². The fourth-order valence-electron chi connectivity index (χ4n) is 6.27. The Morgan fingerprint density at radius 2 is 0.906 bits per heavy atom. The largest absolute Gasteiger partial charge is 0.274 e. The first-order valence-electron chi connectivity index (χ1n) is 11.0. The summed E-state index contributed by atoms with van der Waals surface area (Å²) in [4.78, 5) is 56.5. The molecule has 6 nitrogen and oxygen atoms in total. The topological polar surface area (TPSA) is 74.8 Å². The van der Waals surface area contributed by atoms with Crippen LogP contribution in [0.2, 0.25) is 0 Å². The number of amides is 4. The fraction of sp³-hybridized carbons (Fsp3) is 0.308. The van der Waals surface area contributed by atoms with E-state index in [1.54, 1.807) is 12.1 Å². The van der Waals surface area contributed by atoms with Crippen LogP contribution in [0.4, 0.5) is 11.4 Å². The van der Waals surface area contributed by atoms with Gasteiger partial charge in [0.15, 0.2) is 0 Å². The van der Waals surface area contributed by atoms with Crippen LogP contribution in [0.15, 0.2) is 60.7 Å². The van der Waals surface area contributed by atoms with E-state index in [1.807, 2.05) is 62.4 Å². The number of carbonyl (C=O) groups is 4. The van der Waals surface area contributed by atoms with Crippen molar-refractivity contribution in [3.05, 3.63) is 71.8 Å². The molecule has 2 aliphatic heterocycles. The number of hydrogen-bond donors (Lipinski definition) is 0. The quantitative estimate of drug-likeness (QED) is 0.547. The van der Waals surface area contributed by atoms with Gasteiger partial charge in [-0.25, -0.2) is 0 Å². The van der Waals surface area contributed by atoms with Crippen molar-refractivity contribution >= 4 is 35.0 Å². The number of aryl methyl sites for hydroxylation is 2. The molecule has 2 bridgehead atoms. The van der Waals surface area contributed by atoms with E-state index in [4.69, 9.17) is 0 Å². The smallest absolute Gasteiger partial charge is 0.238 e. The molecule has 6 heteroatoms. The summed E-state index contributed by atoms with van der Waals surface area (Å²) in [7, 11) is 0. The average Bonchev–Trinajstić information content (AvgIpc) is 3.21. The van der Waals surface area contributed by atoms with Crippen molar-refractivity contribution in [1.29, 1.82) is 0 Å². The van der Waals surface area contributed by atoms with Gasteiger partial charge >= 0.3 is 0 Å². The predicted molar refractivity (Wildman–Crippen MR) is 117 cm³/mol. The molecule has 32 heavy (non-hydrogen) atoms. The van der Waals surface area contributed by atoms with Crippen molar-refractivity contribution in [1.82, 2.24) is 0 Å². The zero-order valence-electron chi connectivity index (χ0n) is 17.8. The van der Waals surface area contributed by atoms with Crippen LogP contribution in [0, 0.1) is 49.4 Å². The summed E-state index contributed by atoms with van der Waals surface area (Å²) in [6.45, 7) is 3.82. The molecular weight excluding hydrogens is 404 g/mol. The SMILES string of the molecule is Cc1cccc(N2C(=O)C3C4C=CC(C3C2=O)C2C(=O)N(c3cccc(C)c3)C(=O)C42)c1. The van der Waals surface area contributed by atoms with Crippen molar-refractivity contribution in [2.45, 2.75) is 13.8 Å². The molecule has 4 amide bonds. The molecule has 5 aliphatic rings. The van der Waals surface area contributed by atoms with Gasteiger partial charge < -0.3 is 0 Å². The molecule has 3 aliphatic carbocycles. The van der Waals surface area contributed by atoms with E-state index in [0.717, 1.165) is 11.1 Å². The van der Waals surface area contributed by atoms with Crippen LogP contribution < -0.4 is 9.80 Å². The zero-order chi connectivity index (χ0) is 22.3. The Bertz CT molecular complexity index is 1110. The molecule has 4 unspecified atom stereocenters. The standard InChI is InChI=1S/C26H22N2O4/c1-13-5-3-7-15(11-13)27-23(29)19-17-9-10-18(20(19)24(27)30)22-21(17)25(31)28(26(22)32)16-8-4-6-14(2)12-16/h3-12,17-22H,1-2H3. The van der Waals surface area contributed by atoms with Gasteiger partial charge in [0.1, 0.15) is 0 Å². The maximum Gasteiger partial charge on any atom is 0.238 e. The zero-order valence-corrected chi connectivity index (χ0v) is 17.8. The molecule has 7 rings (SSSR count). The van der Waals surface area contributed by atoms with Gasteiger partial charge in [0.05, 0.1) is 35.0 Å². The van der Waals surface area contributed by atoms with E-state index in [-0.39, 0.29) is 23.6 Å². The van der Waals surface area contributed by atoms with E-state index < -0.39 is 35.5 Å². The third kappa shape index (κ3) is 2.35. The number of anilines is 2. The van der Waals surface area contributed by atoms with Crippen molar-refractivity contribution in [2.24, 2.45) is 35.5 Å². The molecule has 0 radical (unpaired) electrons. The highest BCUT2D eigenvalue weighted by Crippen LogP contribution is 2.58. The number of hydrogen-bond acceptors (Lipinski definition) is 4. The minimum absolute atomic E-state index is 0.266. The Morgan fingerprint density at radius 3 is 1.22 bits per heavy atom. The first kappa shape index (κ1) is 19.2. The highest BCUT2D eigenvalue weighted by Gasteiger charge is 2.68. The molecule has 0 N–H and O–H groups in total. The lowest BCUT2D eigenvalue weighted by molar-refractivity contribution is -0.137. The Hall–Kier alpha value is -3.54. The summed E-state index contributed by atoms with van der Waals surface area (Å²) in [5, 5.41) is 0. The molecule has 160 valence electrons. The lowest BCUT2D eigenvalue weighted by atomic mass is 9.54. The number of benzene rings is 2. The van der Waals surface area contributed by atoms with E-state index in [1.165, 1.54) is 9.80 Å². The second-order valence-electron chi connectivity index (χ2n) is 9.34. The lowest BCUT2D eigenvalue weighted by Crippen LogP contribution is -2.50. The van der Waals surface area contributed by atoms with Crippen LogP contribution >= 0.6 is 0 Å². The van der Waals surface area contributed by atoms with Gasteiger partial charge in [-0.15, -0.1) is 0 Å². The molecule has 2 aromatic carbocycles. The Balaban J connectivity index is 1.41. The molecule has 2 saturated heterocycles. The summed E-state index contributed by atoms with van der Waals surface area (Å²) < 4.78 is 0. The monoisotopic (exact) mass is 426 g/mol. The summed E-state index contributed by atoms with van der Waals surface area (Å²) in [5.41, 5.74) is 3.01. The van der Waals surface area contributed by atoms with E-state index in [9.17, 15) is 19.2 Å². The summed E-state index contributed by atoms with van der Waals surface area (Å²) in [5.74, 6) is -4.38. The molecule has 1 saturated carbocycles. The second-order valence-corrected chi connectivity index (χ2v) is 9.34. The summed E-state index contributed by atoms with van der Waals surface area (Å²) >= 11 is 0. The van der Waals surface area contributed by atoms with Crippen LogP contribution in [0.1, 0.15) is 11.1 Å². The molecule has 0 aromatic heterocycles. The van der Waals surface area contributed by atoms with Crippen LogP contribution in [0.25, 0.3) is 0 Å². The number of imide groups is 2. The third-order valence-corrected chi connectivity index (χ3v) is 7.53. The van der Waals surface area contributed by atoms with Gasteiger partial charge in [0.2, 0.25) is 23.6 Å². The van der Waals surface area contributed by atoms with Crippen molar-refractivity contribution in [2.75, 3.05) is 9.80 Å². The molecule has 2 heterocycles. The van der Waals surface area contributed by atoms with Gasteiger partial charge in [-0.1, -0.05) is 36.4 Å². The van der Waals surface area contributed by atoms with Crippen molar-refractivity contribution < 1.29 is 19.2 Å². The minimum Gasteiger partial charge on any atom is -0.274 e. The Morgan fingerprint density at radius 1 is 0.562 bits per heavy atom. The van der Waals surface area contributed by atoms with Crippen LogP contribution in [-0.4, -0.2) is 23.6 Å². The molecule has 0 spiro atoms. The maximum absolute atomic E-state index is 13.5. The maximum atomic E-state index is 13.5. The van der Waals surface area contributed by atoms with Crippen LogP contribution in [-0.2, 0) is 19.2 Å². The number of allylic oxidation sites excluding steroid dienone is 2.